The Hall–Kier alpha value is -2.42. The molecule has 0 unspecified atom stereocenters. The Morgan fingerprint density at radius 1 is 1.10 bits per heavy atom. The molecule has 1 amide bonds. The molecule has 162 valence electrons. The van der Waals surface area contributed by atoms with Crippen molar-refractivity contribution in [2.45, 2.75) is 31.1 Å². The zero-order valence-electron chi connectivity index (χ0n) is 17.4. The van der Waals surface area contributed by atoms with E-state index in [0.717, 1.165) is 12.1 Å². The largest absolute Gasteiger partial charge is 0.379 e. The highest BCUT2D eigenvalue weighted by molar-refractivity contribution is 7.89. The number of benzene rings is 2. The van der Waals surface area contributed by atoms with Gasteiger partial charge in [0.2, 0.25) is 15.9 Å². The standard InChI is InChI=1S/C22H29N3O4S/c1-3-17(2)18-7-9-19(10-8-18)24-22(26)16-23-20-5-4-6-21(15-20)30(27,28)25-11-13-29-14-12-25/h4-10,15,17,23H,3,11-14,16H2,1-2H3,(H,24,26)/t17-/m1/s1. The number of nitrogens with zero attached hydrogens (tertiary/aromatic N) is 1. The molecular weight excluding hydrogens is 402 g/mol. The van der Waals surface area contributed by atoms with E-state index < -0.39 is 10.0 Å². The zero-order chi connectivity index (χ0) is 21.6. The fourth-order valence-corrected chi connectivity index (χ4v) is 4.68. The van der Waals surface area contributed by atoms with E-state index in [-0.39, 0.29) is 17.3 Å². The third-order valence-corrected chi connectivity index (χ3v) is 7.17. The number of amides is 1. The van der Waals surface area contributed by atoms with Crippen LogP contribution in [-0.4, -0.2) is 51.5 Å². The molecule has 1 fully saturated rings. The molecule has 1 heterocycles. The summed E-state index contributed by atoms with van der Waals surface area (Å²) in [5.74, 6) is 0.283. The second kappa shape index (κ2) is 10.1. The molecule has 3 rings (SSSR count). The van der Waals surface area contributed by atoms with Crippen LogP contribution in [0.3, 0.4) is 0 Å². The van der Waals surface area contributed by atoms with Crippen molar-refractivity contribution in [2.75, 3.05) is 43.5 Å². The second-order valence-corrected chi connectivity index (χ2v) is 9.32. The molecular formula is C22H29N3O4S. The van der Waals surface area contributed by atoms with Gasteiger partial charge >= 0.3 is 0 Å². The molecule has 2 aromatic rings. The maximum Gasteiger partial charge on any atom is 0.243 e. The van der Waals surface area contributed by atoms with E-state index in [1.54, 1.807) is 24.3 Å². The molecule has 1 aliphatic heterocycles. The first kappa shape index (κ1) is 22.3. The molecule has 2 aromatic carbocycles. The van der Waals surface area contributed by atoms with Gasteiger partial charge in [0, 0.05) is 24.5 Å². The number of sulfonamides is 1. The molecule has 1 saturated heterocycles. The van der Waals surface area contributed by atoms with Gasteiger partial charge in [0.15, 0.2) is 0 Å². The van der Waals surface area contributed by atoms with Crippen molar-refractivity contribution < 1.29 is 17.9 Å². The van der Waals surface area contributed by atoms with Crippen LogP contribution < -0.4 is 10.6 Å². The fraction of sp³-hybridized carbons (Fsp3) is 0.409. The van der Waals surface area contributed by atoms with E-state index >= 15 is 0 Å². The zero-order valence-corrected chi connectivity index (χ0v) is 18.2. The minimum absolute atomic E-state index is 0.0359. The van der Waals surface area contributed by atoms with Gasteiger partial charge in [-0.3, -0.25) is 4.79 Å². The number of rotatable bonds is 8. The Balaban J connectivity index is 1.58. The van der Waals surface area contributed by atoms with Gasteiger partial charge in [0.25, 0.3) is 0 Å². The quantitative estimate of drug-likeness (QED) is 0.670. The third kappa shape index (κ3) is 5.59. The smallest absolute Gasteiger partial charge is 0.243 e. The molecule has 1 atom stereocenters. The summed E-state index contributed by atoms with van der Waals surface area (Å²) in [4.78, 5) is 12.5. The predicted octanol–water partition coefficient (Wildman–Crippen LogP) is 3.27. The van der Waals surface area contributed by atoms with E-state index in [2.05, 4.69) is 24.5 Å². The number of nitrogens with one attached hydrogen (secondary N) is 2. The lowest BCUT2D eigenvalue weighted by molar-refractivity contribution is -0.114. The third-order valence-electron chi connectivity index (χ3n) is 5.27. The van der Waals surface area contributed by atoms with Gasteiger partial charge in [-0.15, -0.1) is 0 Å². The molecule has 0 radical (unpaired) electrons. The van der Waals surface area contributed by atoms with Crippen molar-refractivity contribution in [1.82, 2.24) is 4.31 Å². The van der Waals surface area contributed by atoms with Crippen molar-refractivity contribution in [3.8, 4) is 0 Å². The van der Waals surface area contributed by atoms with Crippen LogP contribution in [0.15, 0.2) is 53.4 Å². The first-order valence-corrected chi connectivity index (χ1v) is 11.7. The minimum atomic E-state index is -3.57. The first-order valence-electron chi connectivity index (χ1n) is 10.2. The summed E-state index contributed by atoms with van der Waals surface area (Å²) in [7, 11) is -3.57. The minimum Gasteiger partial charge on any atom is -0.379 e. The Morgan fingerprint density at radius 2 is 1.80 bits per heavy atom. The molecule has 0 spiro atoms. The number of hydrogen-bond acceptors (Lipinski definition) is 5. The van der Waals surface area contributed by atoms with Crippen molar-refractivity contribution in [1.29, 1.82) is 0 Å². The summed E-state index contributed by atoms with van der Waals surface area (Å²) in [5.41, 5.74) is 2.55. The molecule has 0 aliphatic carbocycles. The molecule has 30 heavy (non-hydrogen) atoms. The van der Waals surface area contributed by atoms with Crippen LogP contribution in [0.1, 0.15) is 31.7 Å². The highest BCUT2D eigenvalue weighted by Crippen LogP contribution is 2.22. The molecule has 1 aliphatic rings. The van der Waals surface area contributed by atoms with Crippen LogP contribution in [-0.2, 0) is 19.6 Å². The van der Waals surface area contributed by atoms with Gasteiger partial charge < -0.3 is 15.4 Å². The van der Waals surface area contributed by atoms with Crippen LogP contribution in [0.5, 0.6) is 0 Å². The maximum atomic E-state index is 12.8. The molecule has 2 N–H and O–H groups in total. The van der Waals surface area contributed by atoms with Crippen molar-refractivity contribution in [3.05, 3.63) is 54.1 Å². The average molecular weight is 432 g/mol. The average Bonchev–Trinajstić information content (AvgIpc) is 2.78. The lowest BCUT2D eigenvalue weighted by atomic mass is 9.99. The number of ether oxygens (including phenoxy) is 1. The van der Waals surface area contributed by atoms with Gasteiger partial charge in [-0.1, -0.05) is 32.0 Å². The van der Waals surface area contributed by atoms with Gasteiger partial charge in [-0.05, 0) is 48.2 Å². The van der Waals surface area contributed by atoms with Crippen LogP contribution in [0.25, 0.3) is 0 Å². The number of carbonyl (C=O) groups excluding carboxylic acids is 1. The monoisotopic (exact) mass is 431 g/mol. The van der Waals surface area contributed by atoms with E-state index in [1.165, 1.54) is 9.87 Å². The highest BCUT2D eigenvalue weighted by Gasteiger charge is 2.26. The Labute approximate surface area is 178 Å². The second-order valence-electron chi connectivity index (χ2n) is 7.38. The van der Waals surface area contributed by atoms with Gasteiger partial charge in [0.1, 0.15) is 0 Å². The first-order chi connectivity index (χ1) is 14.4. The van der Waals surface area contributed by atoms with Gasteiger partial charge in [0.05, 0.1) is 24.7 Å². The van der Waals surface area contributed by atoms with Gasteiger partial charge in [-0.2, -0.15) is 4.31 Å². The van der Waals surface area contributed by atoms with Crippen molar-refractivity contribution in [3.63, 3.8) is 0 Å². The SMILES string of the molecule is CC[C@@H](C)c1ccc(NC(=O)CNc2cccc(S(=O)(=O)N3CCOCC3)c2)cc1. The predicted molar refractivity (Wildman–Crippen MR) is 118 cm³/mol. The van der Waals surface area contributed by atoms with Crippen LogP contribution >= 0.6 is 0 Å². The molecule has 8 heteroatoms. The topological polar surface area (TPSA) is 87.7 Å². The van der Waals surface area contributed by atoms with Crippen molar-refractivity contribution in [2.24, 2.45) is 0 Å². The lowest BCUT2D eigenvalue weighted by Crippen LogP contribution is -2.40. The summed E-state index contributed by atoms with van der Waals surface area (Å²) in [6, 6.07) is 14.4. The Bertz CT molecular complexity index is 955. The summed E-state index contributed by atoms with van der Waals surface area (Å²) >= 11 is 0. The Kier molecular flexibility index (Phi) is 7.47. The summed E-state index contributed by atoms with van der Waals surface area (Å²) < 4.78 is 32.2. The molecule has 7 nitrogen and oxygen atoms in total. The highest BCUT2D eigenvalue weighted by atomic mass is 32.2. The summed E-state index contributed by atoms with van der Waals surface area (Å²) in [6.07, 6.45) is 1.07. The van der Waals surface area contributed by atoms with Crippen LogP contribution in [0.2, 0.25) is 0 Å². The van der Waals surface area contributed by atoms with E-state index in [9.17, 15) is 13.2 Å². The van der Waals surface area contributed by atoms with E-state index in [4.69, 9.17) is 4.74 Å². The molecule has 0 saturated carbocycles. The number of hydrogen-bond donors (Lipinski definition) is 2. The summed E-state index contributed by atoms with van der Waals surface area (Å²) in [6.45, 7) is 5.84. The maximum absolute atomic E-state index is 12.8. The van der Waals surface area contributed by atoms with E-state index in [1.807, 2.05) is 24.3 Å². The molecule has 0 aromatic heterocycles. The van der Waals surface area contributed by atoms with Gasteiger partial charge in [-0.25, -0.2) is 8.42 Å². The fourth-order valence-electron chi connectivity index (χ4n) is 3.22. The van der Waals surface area contributed by atoms with Crippen LogP contribution in [0, 0.1) is 0 Å². The lowest BCUT2D eigenvalue weighted by Gasteiger charge is -2.26. The molecule has 0 bridgehead atoms. The van der Waals surface area contributed by atoms with E-state index in [0.29, 0.717) is 37.9 Å². The number of anilines is 2. The normalized spacial score (nSPS) is 16.1. The number of morpholine rings is 1. The number of carbonyl (C=O) groups is 1. The van der Waals surface area contributed by atoms with Crippen LogP contribution in [0.4, 0.5) is 11.4 Å². The Morgan fingerprint density at radius 3 is 2.47 bits per heavy atom. The van der Waals surface area contributed by atoms with Crippen molar-refractivity contribution >= 4 is 27.3 Å². The summed E-state index contributed by atoms with van der Waals surface area (Å²) in [5, 5.41) is 5.85.